The number of hydrogen-bond donors (Lipinski definition) is 0. The summed E-state index contributed by atoms with van der Waals surface area (Å²) in [4.78, 5) is 15.5. The molecule has 0 aliphatic rings. The van der Waals surface area contributed by atoms with Gasteiger partial charge in [0, 0.05) is 63.8 Å². The summed E-state index contributed by atoms with van der Waals surface area (Å²) < 4.78 is 11.9. The molecule has 0 spiro atoms. The molecule has 8 aromatic carbocycles. The third-order valence-electron chi connectivity index (χ3n) is 10.8. The Balaban J connectivity index is 1.25. The van der Waals surface area contributed by atoms with E-state index < -0.39 is 0 Å². The molecule has 0 radical (unpaired) electrons. The first-order valence-electron chi connectivity index (χ1n) is 18.4. The van der Waals surface area contributed by atoms with Crippen LogP contribution in [0, 0.1) is 0 Å². The predicted molar refractivity (Wildman–Crippen MR) is 228 cm³/mol. The van der Waals surface area contributed by atoms with Gasteiger partial charge in [0.1, 0.15) is 11.2 Å². The van der Waals surface area contributed by atoms with E-state index in [2.05, 4.69) is 108 Å². The molecule has 0 amide bonds. The van der Waals surface area contributed by atoms with Gasteiger partial charge in [-0.05, 0) is 41.8 Å². The Morgan fingerprint density at radius 2 is 1.07 bits per heavy atom. The van der Waals surface area contributed by atoms with Crippen LogP contribution in [0.3, 0.4) is 0 Å². The molecule has 0 bridgehead atoms. The van der Waals surface area contributed by atoms with Crippen molar-refractivity contribution in [2.75, 3.05) is 0 Å². The molecule has 6 heteroatoms. The lowest BCUT2D eigenvalue weighted by Gasteiger charge is -2.15. The molecular formula is C49H28N4OS. The molecule has 0 unspecified atom stereocenters. The predicted octanol–water partition coefficient (Wildman–Crippen LogP) is 13.4. The van der Waals surface area contributed by atoms with Gasteiger partial charge >= 0.3 is 0 Å². The maximum absolute atomic E-state index is 6.88. The van der Waals surface area contributed by atoms with Crippen LogP contribution >= 0.6 is 11.3 Å². The van der Waals surface area contributed by atoms with Crippen LogP contribution < -0.4 is 0 Å². The summed E-state index contributed by atoms with van der Waals surface area (Å²) in [6, 6.07) is 59.4. The lowest BCUT2D eigenvalue weighted by atomic mass is 9.98. The van der Waals surface area contributed by atoms with Crippen molar-refractivity contribution >= 4 is 86.0 Å². The van der Waals surface area contributed by atoms with Gasteiger partial charge in [0.15, 0.2) is 17.5 Å². The van der Waals surface area contributed by atoms with Crippen LogP contribution in [0.1, 0.15) is 0 Å². The minimum absolute atomic E-state index is 0.607. The number of para-hydroxylation sites is 2. The van der Waals surface area contributed by atoms with Gasteiger partial charge in [0.2, 0.25) is 0 Å². The van der Waals surface area contributed by atoms with Crippen molar-refractivity contribution in [1.29, 1.82) is 0 Å². The molecule has 0 saturated heterocycles. The molecule has 5 nitrogen and oxygen atoms in total. The van der Waals surface area contributed by atoms with Crippen LogP contribution in [0.15, 0.2) is 174 Å². The van der Waals surface area contributed by atoms with Gasteiger partial charge in [-0.15, -0.1) is 11.3 Å². The first kappa shape index (κ1) is 30.3. The Hall–Kier alpha value is -7.15. The zero-order chi connectivity index (χ0) is 36.0. The second kappa shape index (κ2) is 11.7. The number of hydrogen-bond acceptors (Lipinski definition) is 5. The smallest absolute Gasteiger partial charge is 0.164 e. The summed E-state index contributed by atoms with van der Waals surface area (Å²) in [5.41, 5.74) is 7.82. The zero-order valence-corrected chi connectivity index (χ0v) is 30.1. The van der Waals surface area contributed by atoms with Crippen molar-refractivity contribution in [2.45, 2.75) is 0 Å². The summed E-state index contributed by atoms with van der Waals surface area (Å²) >= 11 is 1.84. The van der Waals surface area contributed by atoms with E-state index in [0.717, 1.165) is 60.6 Å². The van der Waals surface area contributed by atoms with E-state index in [4.69, 9.17) is 19.4 Å². The lowest BCUT2D eigenvalue weighted by molar-refractivity contribution is 0.672. The molecular weight excluding hydrogens is 693 g/mol. The van der Waals surface area contributed by atoms with Crippen molar-refractivity contribution in [2.24, 2.45) is 0 Å². The van der Waals surface area contributed by atoms with E-state index in [1.165, 1.54) is 36.5 Å². The topological polar surface area (TPSA) is 56.7 Å². The first-order valence-corrected chi connectivity index (χ1v) is 19.2. The van der Waals surface area contributed by atoms with Gasteiger partial charge in [-0.3, -0.25) is 0 Å². The van der Waals surface area contributed by atoms with E-state index in [0.29, 0.717) is 17.5 Å². The molecule has 4 aromatic heterocycles. The highest BCUT2D eigenvalue weighted by Gasteiger charge is 2.24. The Kier molecular flexibility index (Phi) is 6.44. The van der Waals surface area contributed by atoms with E-state index in [-0.39, 0.29) is 0 Å². The van der Waals surface area contributed by atoms with Crippen LogP contribution in [-0.4, -0.2) is 19.5 Å². The van der Waals surface area contributed by atoms with Crippen molar-refractivity contribution in [1.82, 2.24) is 19.5 Å². The van der Waals surface area contributed by atoms with Crippen LogP contribution in [0.2, 0.25) is 0 Å². The maximum atomic E-state index is 6.88. The number of nitrogens with zero attached hydrogens (tertiary/aromatic N) is 4. The van der Waals surface area contributed by atoms with Gasteiger partial charge in [0.05, 0.1) is 16.7 Å². The van der Waals surface area contributed by atoms with E-state index in [1.807, 2.05) is 78.1 Å². The van der Waals surface area contributed by atoms with E-state index >= 15 is 0 Å². The Labute approximate surface area is 318 Å². The second-order valence-corrected chi connectivity index (χ2v) is 15.0. The molecule has 256 valence electrons. The number of aromatic nitrogens is 4. The van der Waals surface area contributed by atoms with Crippen LogP contribution in [0.4, 0.5) is 0 Å². The summed E-state index contributed by atoms with van der Waals surface area (Å²) in [5, 5.41) is 9.03. The third kappa shape index (κ3) is 4.49. The highest BCUT2D eigenvalue weighted by molar-refractivity contribution is 7.26. The van der Waals surface area contributed by atoms with Gasteiger partial charge in [-0.1, -0.05) is 133 Å². The largest absolute Gasteiger partial charge is 0.455 e. The minimum atomic E-state index is 0.607. The molecule has 0 aliphatic heterocycles. The van der Waals surface area contributed by atoms with Gasteiger partial charge in [0.25, 0.3) is 0 Å². The second-order valence-electron chi connectivity index (χ2n) is 13.9. The van der Waals surface area contributed by atoms with Crippen LogP contribution in [-0.2, 0) is 0 Å². The van der Waals surface area contributed by atoms with Crippen molar-refractivity contribution < 1.29 is 4.42 Å². The molecule has 0 fully saturated rings. The monoisotopic (exact) mass is 720 g/mol. The van der Waals surface area contributed by atoms with E-state index in [9.17, 15) is 0 Å². The summed E-state index contributed by atoms with van der Waals surface area (Å²) in [7, 11) is 0. The van der Waals surface area contributed by atoms with Crippen molar-refractivity contribution in [3.8, 4) is 39.9 Å². The molecule has 0 saturated carbocycles. The molecule has 0 aliphatic carbocycles. The number of fused-ring (bicyclic) bond motifs is 12. The number of furan rings is 1. The molecule has 4 heterocycles. The number of benzene rings is 8. The quantitative estimate of drug-likeness (QED) is 0.182. The molecule has 55 heavy (non-hydrogen) atoms. The fraction of sp³-hybridized carbons (Fsp3) is 0. The normalized spacial score (nSPS) is 12.0. The van der Waals surface area contributed by atoms with E-state index in [1.54, 1.807) is 0 Å². The minimum Gasteiger partial charge on any atom is -0.455 e. The van der Waals surface area contributed by atoms with Crippen molar-refractivity contribution in [3.05, 3.63) is 170 Å². The lowest BCUT2D eigenvalue weighted by Crippen LogP contribution is -2.01. The van der Waals surface area contributed by atoms with Gasteiger partial charge in [-0.2, -0.15) is 0 Å². The fourth-order valence-electron chi connectivity index (χ4n) is 8.44. The summed E-state index contributed by atoms with van der Waals surface area (Å²) in [5.74, 6) is 1.86. The maximum Gasteiger partial charge on any atom is 0.164 e. The SMILES string of the molecule is c1ccc(-c2nc(-c3ccccc3)nc(-c3cc4c5ccccc5oc4c4c(-n5c6ccccc6c6ccc7sc8ccccc8c7c65)cccc34)n2)cc1. The third-order valence-corrected chi connectivity index (χ3v) is 12.0. The Morgan fingerprint density at radius 3 is 1.85 bits per heavy atom. The Morgan fingerprint density at radius 1 is 0.436 bits per heavy atom. The molecule has 12 rings (SSSR count). The van der Waals surface area contributed by atoms with Gasteiger partial charge < -0.3 is 8.98 Å². The van der Waals surface area contributed by atoms with Crippen molar-refractivity contribution in [3.63, 3.8) is 0 Å². The highest BCUT2D eigenvalue weighted by Crippen LogP contribution is 2.47. The van der Waals surface area contributed by atoms with Crippen LogP contribution in [0.5, 0.6) is 0 Å². The average Bonchev–Trinajstić information content (AvgIpc) is 3.93. The summed E-state index contributed by atoms with van der Waals surface area (Å²) in [6.07, 6.45) is 0. The summed E-state index contributed by atoms with van der Waals surface area (Å²) in [6.45, 7) is 0. The molecule has 0 N–H and O–H groups in total. The fourth-order valence-corrected chi connectivity index (χ4v) is 9.54. The molecule has 12 aromatic rings. The standard InChI is InChI=1S/C49H28N4OS/c1-3-14-29(15-4-1)47-50-48(30-16-5-2-6-17-30)52-49(51-47)37-28-36-32-19-8-11-24-40(32)54-46(36)43-33(37)21-13-23-39(43)53-38-22-10-7-18-31(38)34-26-27-42-44(45(34)53)35-20-9-12-25-41(35)55-42/h1-28H. The average molecular weight is 721 g/mol. The first-order chi connectivity index (χ1) is 27.3. The van der Waals surface area contributed by atoms with Crippen LogP contribution in [0.25, 0.3) is 115 Å². The Bertz CT molecular complexity index is 3430. The number of rotatable bonds is 4. The van der Waals surface area contributed by atoms with Gasteiger partial charge in [-0.25, -0.2) is 15.0 Å². The molecule has 0 atom stereocenters. The zero-order valence-electron chi connectivity index (χ0n) is 29.3. The number of thiophene rings is 1. The highest BCUT2D eigenvalue weighted by atomic mass is 32.1.